The summed E-state index contributed by atoms with van der Waals surface area (Å²) in [4.78, 5) is 19.6. The molecule has 9 heteroatoms. The van der Waals surface area contributed by atoms with Crippen molar-refractivity contribution in [2.45, 2.75) is 43.9 Å². The van der Waals surface area contributed by atoms with E-state index >= 15 is 0 Å². The van der Waals surface area contributed by atoms with Crippen LogP contribution in [0.3, 0.4) is 0 Å². The molecule has 0 unspecified atom stereocenters. The third-order valence-corrected chi connectivity index (χ3v) is 7.32. The van der Waals surface area contributed by atoms with Crippen molar-refractivity contribution in [3.05, 3.63) is 47.2 Å². The van der Waals surface area contributed by atoms with Gasteiger partial charge >= 0.3 is 0 Å². The van der Waals surface area contributed by atoms with Gasteiger partial charge in [-0.3, -0.25) is 9.52 Å². The van der Waals surface area contributed by atoms with Gasteiger partial charge < -0.3 is 15.5 Å². The molecule has 1 amide bonds. The minimum absolute atomic E-state index is 0.237. The molecule has 0 saturated carbocycles. The summed E-state index contributed by atoms with van der Waals surface area (Å²) in [5.41, 5.74) is 2.99. The van der Waals surface area contributed by atoms with E-state index in [4.69, 9.17) is 0 Å². The highest BCUT2D eigenvalue weighted by Gasteiger charge is 2.23. The Kier molecular flexibility index (Phi) is 6.95. The third-order valence-electron chi connectivity index (χ3n) is 5.95. The highest BCUT2D eigenvalue weighted by atomic mass is 32.2. The Balaban J connectivity index is 1.62. The fourth-order valence-corrected chi connectivity index (χ4v) is 5.32. The Morgan fingerprint density at radius 3 is 2.62 bits per heavy atom. The Bertz CT molecular complexity index is 1080. The topological polar surface area (TPSA) is 103 Å². The molecule has 1 saturated heterocycles. The van der Waals surface area contributed by atoms with Crippen LogP contribution in [0, 0.1) is 0 Å². The van der Waals surface area contributed by atoms with Gasteiger partial charge in [-0.05, 0) is 61.4 Å². The number of aromatic nitrogens is 1. The van der Waals surface area contributed by atoms with E-state index in [1.165, 1.54) is 11.8 Å². The van der Waals surface area contributed by atoms with Gasteiger partial charge in [0.25, 0.3) is 15.9 Å². The van der Waals surface area contributed by atoms with Gasteiger partial charge in [-0.15, -0.1) is 0 Å². The van der Waals surface area contributed by atoms with Crippen molar-refractivity contribution in [1.29, 1.82) is 0 Å². The van der Waals surface area contributed by atoms with Crippen molar-refractivity contribution < 1.29 is 13.2 Å². The van der Waals surface area contributed by atoms with Crippen LogP contribution in [-0.4, -0.2) is 52.0 Å². The predicted octanol–water partition coefficient (Wildman–Crippen LogP) is 2.31. The van der Waals surface area contributed by atoms with Crippen LogP contribution in [0.5, 0.6) is 0 Å². The molecule has 2 aromatic rings. The molecule has 0 radical (unpaired) electrons. The molecular formula is C23H31N5O3S. The third kappa shape index (κ3) is 5.05. The molecule has 2 heterocycles. The highest BCUT2D eigenvalue weighted by Crippen LogP contribution is 2.27. The first kappa shape index (κ1) is 22.5. The smallest absolute Gasteiger partial charge is 0.261 e. The first-order chi connectivity index (χ1) is 15.5. The predicted molar refractivity (Wildman–Crippen MR) is 126 cm³/mol. The zero-order valence-electron chi connectivity index (χ0n) is 18.5. The van der Waals surface area contributed by atoms with E-state index in [2.05, 4.69) is 25.2 Å². The number of anilines is 2. The molecule has 32 heavy (non-hydrogen) atoms. The van der Waals surface area contributed by atoms with Crippen molar-refractivity contribution in [2.24, 2.45) is 0 Å². The maximum absolute atomic E-state index is 13.1. The van der Waals surface area contributed by atoms with Gasteiger partial charge in [-0.25, -0.2) is 13.4 Å². The number of rotatable bonds is 7. The Labute approximate surface area is 189 Å². The molecule has 4 rings (SSSR count). The van der Waals surface area contributed by atoms with Crippen LogP contribution >= 0.6 is 0 Å². The average molecular weight is 458 g/mol. The number of piperazine rings is 1. The van der Waals surface area contributed by atoms with Crippen molar-refractivity contribution >= 4 is 27.4 Å². The normalized spacial score (nSPS) is 16.3. The molecule has 8 nitrogen and oxygen atoms in total. The number of fused-ring (bicyclic) bond motifs is 1. The lowest BCUT2D eigenvalue weighted by molar-refractivity contribution is 0.0953. The van der Waals surface area contributed by atoms with E-state index in [1.807, 2.05) is 13.0 Å². The molecule has 0 atom stereocenters. The number of carbonyl (C=O) groups excluding carboxylic acids is 1. The summed E-state index contributed by atoms with van der Waals surface area (Å²) < 4.78 is 28.8. The maximum Gasteiger partial charge on any atom is 0.261 e. The quantitative estimate of drug-likeness (QED) is 0.590. The second-order valence-electron chi connectivity index (χ2n) is 8.33. The van der Waals surface area contributed by atoms with E-state index < -0.39 is 10.0 Å². The SMILES string of the molecule is CCCNC(=O)c1cc(NS(=O)(=O)c2ccc3c(c2)CCCC3)cnc1N1CCNCC1. The molecule has 1 aliphatic heterocycles. The van der Waals surface area contributed by atoms with E-state index in [9.17, 15) is 13.2 Å². The van der Waals surface area contributed by atoms with Crippen LogP contribution in [0.1, 0.15) is 47.7 Å². The lowest BCUT2D eigenvalue weighted by Gasteiger charge is -2.30. The summed E-state index contributed by atoms with van der Waals surface area (Å²) in [6, 6.07) is 6.93. The minimum Gasteiger partial charge on any atom is -0.353 e. The van der Waals surface area contributed by atoms with E-state index in [-0.39, 0.29) is 16.5 Å². The molecule has 1 aliphatic carbocycles. The number of hydrogen-bond donors (Lipinski definition) is 3. The number of amides is 1. The number of benzene rings is 1. The molecule has 172 valence electrons. The van der Waals surface area contributed by atoms with Gasteiger partial charge in [-0.2, -0.15) is 0 Å². The molecule has 0 spiro atoms. The van der Waals surface area contributed by atoms with Gasteiger partial charge in [-0.1, -0.05) is 13.0 Å². The van der Waals surface area contributed by atoms with Gasteiger partial charge in [0.05, 0.1) is 22.3 Å². The molecule has 1 aromatic carbocycles. The second kappa shape index (κ2) is 9.87. The summed E-state index contributed by atoms with van der Waals surface area (Å²) in [5.74, 6) is 0.333. The number of sulfonamides is 1. The molecule has 1 fully saturated rings. The molecule has 2 aliphatic rings. The number of aryl methyl sites for hydroxylation is 2. The molecule has 3 N–H and O–H groups in total. The lowest BCUT2D eigenvalue weighted by Crippen LogP contribution is -2.44. The Morgan fingerprint density at radius 1 is 1.12 bits per heavy atom. The van der Waals surface area contributed by atoms with Gasteiger partial charge in [0.1, 0.15) is 5.82 Å². The van der Waals surface area contributed by atoms with E-state index in [1.54, 1.807) is 18.2 Å². The van der Waals surface area contributed by atoms with Crippen LogP contribution in [0.15, 0.2) is 35.4 Å². The van der Waals surface area contributed by atoms with Crippen molar-refractivity contribution in [2.75, 3.05) is 42.3 Å². The van der Waals surface area contributed by atoms with Gasteiger partial charge in [0.15, 0.2) is 0 Å². The standard InChI is InChI=1S/C23H31N5O3S/c1-2-9-25-23(29)21-15-19(16-26-22(21)28-12-10-24-11-13-28)27-32(30,31)20-8-7-17-5-3-4-6-18(17)14-20/h7-8,14-16,24,27H,2-6,9-13H2,1H3,(H,25,29). The van der Waals surface area contributed by atoms with Gasteiger partial charge in [0, 0.05) is 32.7 Å². The number of hydrogen-bond acceptors (Lipinski definition) is 6. The summed E-state index contributed by atoms with van der Waals surface area (Å²) in [6.07, 6.45) is 6.43. The Morgan fingerprint density at radius 2 is 1.88 bits per heavy atom. The minimum atomic E-state index is -3.79. The van der Waals surface area contributed by atoms with Crippen LogP contribution in [0.25, 0.3) is 0 Å². The maximum atomic E-state index is 13.1. The number of nitrogens with one attached hydrogen (secondary N) is 3. The average Bonchev–Trinajstić information content (AvgIpc) is 2.82. The first-order valence-corrected chi connectivity index (χ1v) is 12.8. The van der Waals surface area contributed by atoms with Crippen molar-refractivity contribution in [1.82, 2.24) is 15.6 Å². The van der Waals surface area contributed by atoms with E-state index in [0.29, 0.717) is 17.9 Å². The van der Waals surface area contributed by atoms with Crippen LogP contribution < -0.4 is 20.3 Å². The first-order valence-electron chi connectivity index (χ1n) is 11.4. The number of carbonyl (C=O) groups is 1. The van der Waals surface area contributed by atoms with Crippen LogP contribution in [-0.2, 0) is 22.9 Å². The van der Waals surface area contributed by atoms with Crippen molar-refractivity contribution in [3.63, 3.8) is 0 Å². The largest absolute Gasteiger partial charge is 0.353 e. The monoisotopic (exact) mass is 457 g/mol. The van der Waals surface area contributed by atoms with Crippen LogP contribution in [0.4, 0.5) is 11.5 Å². The van der Waals surface area contributed by atoms with Crippen molar-refractivity contribution in [3.8, 4) is 0 Å². The summed E-state index contributed by atoms with van der Waals surface area (Å²) in [6.45, 7) is 5.63. The number of pyridine rings is 1. The fourth-order valence-electron chi connectivity index (χ4n) is 4.23. The second-order valence-corrected chi connectivity index (χ2v) is 10.0. The summed E-state index contributed by atoms with van der Waals surface area (Å²) in [7, 11) is -3.79. The highest BCUT2D eigenvalue weighted by molar-refractivity contribution is 7.92. The number of nitrogens with zero attached hydrogens (tertiary/aromatic N) is 2. The van der Waals surface area contributed by atoms with Gasteiger partial charge in [0.2, 0.25) is 0 Å². The lowest BCUT2D eigenvalue weighted by atomic mass is 9.92. The zero-order chi connectivity index (χ0) is 22.6. The molecule has 0 bridgehead atoms. The molecular weight excluding hydrogens is 426 g/mol. The van der Waals surface area contributed by atoms with Crippen LogP contribution in [0.2, 0.25) is 0 Å². The summed E-state index contributed by atoms with van der Waals surface area (Å²) >= 11 is 0. The Hall–Kier alpha value is -2.65. The summed E-state index contributed by atoms with van der Waals surface area (Å²) in [5, 5.41) is 6.17. The van der Waals surface area contributed by atoms with E-state index in [0.717, 1.165) is 63.8 Å². The molecule has 1 aromatic heterocycles. The zero-order valence-corrected chi connectivity index (χ0v) is 19.3. The fraction of sp³-hybridized carbons (Fsp3) is 0.478.